The van der Waals surface area contributed by atoms with Gasteiger partial charge in [-0.2, -0.15) is 0 Å². The van der Waals surface area contributed by atoms with Crippen LogP contribution < -0.4 is 10.2 Å². The van der Waals surface area contributed by atoms with Gasteiger partial charge in [-0.25, -0.2) is 4.98 Å². The second-order valence-electron chi connectivity index (χ2n) is 5.65. The number of hydrogen-bond acceptors (Lipinski definition) is 3. The highest BCUT2D eigenvalue weighted by Gasteiger charge is 2.30. The van der Waals surface area contributed by atoms with E-state index in [9.17, 15) is 0 Å². The molecule has 2 aliphatic heterocycles. The molecular weight excluding hydrogens is 224 g/mol. The second-order valence-corrected chi connectivity index (χ2v) is 5.65. The molecule has 100 valence electrons. The molecule has 3 heterocycles. The molecule has 1 N–H and O–H groups in total. The Morgan fingerprint density at radius 3 is 3.11 bits per heavy atom. The molecule has 3 rings (SSSR count). The van der Waals surface area contributed by atoms with Crippen molar-refractivity contribution in [2.24, 2.45) is 0 Å². The van der Waals surface area contributed by atoms with E-state index in [0.717, 1.165) is 25.7 Å². The molecule has 2 saturated heterocycles. The number of nitrogens with one attached hydrogen (secondary N) is 1. The van der Waals surface area contributed by atoms with Crippen LogP contribution in [-0.2, 0) is 6.54 Å². The molecule has 4 heteroatoms. The number of anilines is 1. The molecule has 0 spiro atoms. The van der Waals surface area contributed by atoms with Gasteiger partial charge >= 0.3 is 0 Å². The molecule has 0 amide bonds. The number of rotatable bonds is 4. The summed E-state index contributed by atoms with van der Waals surface area (Å²) in [5, 5.41) is 3.73. The Morgan fingerprint density at radius 1 is 1.33 bits per heavy atom. The number of fused-ring (bicyclic) bond motifs is 2. The van der Waals surface area contributed by atoms with Gasteiger partial charge in [-0.3, -0.25) is 0 Å². The first-order valence-corrected chi connectivity index (χ1v) is 7.39. The molecule has 0 saturated carbocycles. The molecule has 2 unspecified atom stereocenters. The van der Waals surface area contributed by atoms with E-state index in [1.165, 1.54) is 38.1 Å². The number of unbranched alkanes of at least 4 members (excludes halogenated alkanes) is 1. The summed E-state index contributed by atoms with van der Waals surface area (Å²) in [7, 11) is 0. The molecule has 2 aliphatic rings. The quantitative estimate of drug-likeness (QED) is 0.885. The van der Waals surface area contributed by atoms with Crippen molar-refractivity contribution in [1.29, 1.82) is 0 Å². The standard InChI is InChI=1S/C14H24N4/c1-2-3-8-17-10-7-15-14(17)18-9-6-12-4-5-13(11-18)16-12/h7,10,12-13,16H,2-6,8-9,11H2,1H3. The zero-order chi connectivity index (χ0) is 12.4. The second kappa shape index (κ2) is 5.31. The normalized spacial score (nSPS) is 27.5. The lowest BCUT2D eigenvalue weighted by Gasteiger charge is -2.26. The van der Waals surface area contributed by atoms with Crippen molar-refractivity contribution in [2.45, 2.75) is 57.7 Å². The molecule has 0 aliphatic carbocycles. The average Bonchev–Trinajstić information content (AvgIpc) is 2.94. The van der Waals surface area contributed by atoms with Crippen LogP contribution in [0.2, 0.25) is 0 Å². The van der Waals surface area contributed by atoms with Gasteiger partial charge in [-0.15, -0.1) is 0 Å². The van der Waals surface area contributed by atoms with Crippen LogP contribution in [0.4, 0.5) is 5.95 Å². The van der Waals surface area contributed by atoms with Crippen molar-refractivity contribution in [3.63, 3.8) is 0 Å². The maximum Gasteiger partial charge on any atom is 0.205 e. The van der Waals surface area contributed by atoms with Gasteiger partial charge in [0.15, 0.2) is 0 Å². The zero-order valence-electron chi connectivity index (χ0n) is 11.3. The summed E-state index contributed by atoms with van der Waals surface area (Å²) in [5.74, 6) is 1.18. The summed E-state index contributed by atoms with van der Waals surface area (Å²) in [6, 6.07) is 1.42. The van der Waals surface area contributed by atoms with Crippen LogP contribution in [-0.4, -0.2) is 34.7 Å². The fourth-order valence-electron chi connectivity index (χ4n) is 3.21. The molecule has 0 aromatic carbocycles. The number of hydrogen-bond donors (Lipinski definition) is 1. The molecule has 0 radical (unpaired) electrons. The van der Waals surface area contributed by atoms with Crippen molar-refractivity contribution in [3.05, 3.63) is 12.4 Å². The highest BCUT2D eigenvalue weighted by atomic mass is 15.3. The van der Waals surface area contributed by atoms with Gasteiger partial charge in [0.2, 0.25) is 5.95 Å². The minimum Gasteiger partial charge on any atom is -0.341 e. The van der Waals surface area contributed by atoms with Crippen LogP contribution in [0.3, 0.4) is 0 Å². The van der Waals surface area contributed by atoms with E-state index in [2.05, 4.69) is 32.9 Å². The van der Waals surface area contributed by atoms with E-state index in [1.807, 2.05) is 6.20 Å². The lowest BCUT2D eigenvalue weighted by Crippen LogP contribution is -2.36. The molecule has 2 fully saturated rings. The fraction of sp³-hybridized carbons (Fsp3) is 0.786. The Hall–Kier alpha value is -1.03. The Balaban J connectivity index is 1.71. The van der Waals surface area contributed by atoms with Gasteiger partial charge in [0.05, 0.1) is 0 Å². The van der Waals surface area contributed by atoms with Crippen molar-refractivity contribution >= 4 is 5.95 Å². The SMILES string of the molecule is CCCCn1ccnc1N1CCC2CCC(C1)N2. The van der Waals surface area contributed by atoms with Crippen molar-refractivity contribution < 1.29 is 0 Å². The van der Waals surface area contributed by atoms with Gasteiger partial charge in [-0.05, 0) is 25.7 Å². The highest BCUT2D eigenvalue weighted by Crippen LogP contribution is 2.23. The first-order chi connectivity index (χ1) is 8.86. The lowest BCUT2D eigenvalue weighted by molar-refractivity contribution is 0.563. The summed E-state index contributed by atoms with van der Waals surface area (Å²) in [5.41, 5.74) is 0. The zero-order valence-corrected chi connectivity index (χ0v) is 11.3. The van der Waals surface area contributed by atoms with Crippen LogP contribution in [0.15, 0.2) is 12.4 Å². The maximum absolute atomic E-state index is 4.58. The highest BCUT2D eigenvalue weighted by molar-refractivity contribution is 5.32. The smallest absolute Gasteiger partial charge is 0.205 e. The van der Waals surface area contributed by atoms with Crippen LogP contribution in [0.25, 0.3) is 0 Å². The molecule has 2 bridgehead atoms. The predicted molar refractivity (Wildman–Crippen MR) is 73.9 cm³/mol. The number of imidazole rings is 1. The van der Waals surface area contributed by atoms with E-state index in [-0.39, 0.29) is 0 Å². The monoisotopic (exact) mass is 248 g/mol. The summed E-state index contributed by atoms with van der Waals surface area (Å²) in [4.78, 5) is 7.06. The van der Waals surface area contributed by atoms with Crippen molar-refractivity contribution in [3.8, 4) is 0 Å². The summed E-state index contributed by atoms with van der Waals surface area (Å²) in [6.07, 6.45) is 10.5. The van der Waals surface area contributed by atoms with E-state index in [4.69, 9.17) is 0 Å². The molecular formula is C14H24N4. The average molecular weight is 248 g/mol. The van der Waals surface area contributed by atoms with Gasteiger partial charge < -0.3 is 14.8 Å². The molecule has 2 atom stereocenters. The van der Waals surface area contributed by atoms with Crippen LogP contribution in [0.1, 0.15) is 39.0 Å². The van der Waals surface area contributed by atoms with E-state index in [1.54, 1.807) is 0 Å². The van der Waals surface area contributed by atoms with E-state index >= 15 is 0 Å². The Bertz CT molecular complexity index is 387. The third kappa shape index (κ3) is 2.39. The minimum atomic E-state index is 0.675. The van der Waals surface area contributed by atoms with Crippen LogP contribution >= 0.6 is 0 Å². The maximum atomic E-state index is 4.58. The Kier molecular flexibility index (Phi) is 3.55. The minimum absolute atomic E-state index is 0.675. The first-order valence-electron chi connectivity index (χ1n) is 7.39. The molecule has 4 nitrogen and oxygen atoms in total. The first kappa shape index (κ1) is 12.0. The third-order valence-corrected chi connectivity index (χ3v) is 4.25. The predicted octanol–water partition coefficient (Wildman–Crippen LogP) is 2.01. The van der Waals surface area contributed by atoms with Crippen molar-refractivity contribution in [1.82, 2.24) is 14.9 Å². The number of aromatic nitrogens is 2. The Labute approximate surface area is 109 Å². The van der Waals surface area contributed by atoms with E-state index in [0.29, 0.717) is 6.04 Å². The van der Waals surface area contributed by atoms with Gasteiger partial charge in [-0.1, -0.05) is 13.3 Å². The topological polar surface area (TPSA) is 33.1 Å². The van der Waals surface area contributed by atoms with Gasteiger partial charge in [0.25, 0.3) is 0 Å². The Morgan fingerprint density at radius 2 is 2.22 bits per heavy atom. The summed E-state index contributed by atoms with van der Waals surface area (Å²) >= 11 is 0. The van der Waals surface area contributed by atoms with Crippen molar-refractivity contribution in [2.75, 3.05) is 18.0 Å². The molecule has 1 aromatic rings. The molecule has 1 aromatic heterocycles. The molecule has 18 heavy (non-hydrogen) atoms. The number of aryl methyl sites for hydroxylation is 1. The summed E-state index contributed by atoms with van der Waals surface area (Å²) < 4.78 is 2.32. The van der Waals surface area contributed by atoms with Gasteiger partial charge in [0.1, 0.15) is 0 Å². The third-order valence-electron chi connectivity index (χ3n) is 4.25. The van der Waals surface area contributed by atoms with Crippen LogP contribution in [0.5, 0.6) is 0 Å². The number of nitrogens with zero attached hydrogens (tertiary/aromatic N) is 3. The largest absolute Gasteiger partial charge is 0.341 e. The lowest BCUT2D eigenvalue weighted by atomic mass is 10.1. The van der Waals surface area contributed by atoms with Gasteiger partial charge in [0, 0.05) is 44.1 Å². The fourth-order valence-corrected chi connectivity index (χ4v) is 3.21. The van der Waals surface area contributed by atoms with Crippen LogP contribution in [0, 0.1) is 0 Å². The summed E-state index contributed by atoms with van der Waals surface area (Å²) in [6.45, 7) is 5.62. The van der Waals surface area contributed by atoms with E-state index < -0.39 is 0 Å².